The largest absolute Gasteiger partial charge is 0.460 e. The Bertz CT molecular complexity index is 299. The molecule has 0 amide bonds. The predicted molar refractivity (Wildman–Crippen MR) is 75.6 cm³/mol. The summed E-state index contributed by atoms with van der Waals surface area (Å²) in [5, 5.41) is 0. The van der Waals surface area contributed by atoms with Crippen molar-refractivity contribution in [3.63, 3.8) is 0 Å². The number of ether oxygens (including phenoxy) is 2. The summed E-state index contributed by atoms with van der Waals surface area (Å²) < 4.78 is 10.2. The standard InChI is InChI=1S/C15H26O5/c1-7-8-15(5,6)20-19-11-13(4)17-9-10-18-14(16)12(2)3/h13H,2,7-10H2,1,3-6H3. The molecule has 20 heavy (non-hydrogen) atoms. The van der Waals surface area contributed by atoms with Gasteiger partial charge in [0.15, 0.2) is 0 Å². The van der Waals surface area contributed by atoms with Crippen LogP contribution < -0.4 is 0 Å². The lowest BCUT2D eigenvalue weighted by Gasteiger charge is -2.23. The molecule has 0 saturated heterocycles. The number of carbonyl (C=O) groups excluding carboxylic acids is 1. The van der Waals surface area contributed by atoms with Gasteiger partial charge in [0.05, 0.1) is 18.3 Å². The Labute approximate surface area is 122 Å². The molecule has 0 bridgehead atoms. The highest BCUT2D eigenvalue weighted by Gasteiger charge is 2.19. The Hall–Kier alpha value is -0.910. The fourth-order valence-corrected chi connectivity index (χ4v) is 1.36. The first kappa shape index (κ1) is 19.1. The predicted octanol–water partition coefficient (Wildman–Crippen LogP) is 3.08. The first-order valence-electron chi connectivity index (χ1n) is 6.83. The zero-order chi connectivity index (χ0) is 15.6. The van der Waals surface area contributed by atoms with E-state index in [2.05, 4.69) is 20.1 Å². The van der Waals surface area contributed by atoms with E-state index in [-0.39, 0.29) is 24.9 Å². The molecule has 0 heterocycles. The van der Waals surface area contributed by atoms with Crippen LogP contribution in [-0.2, 0) is 24.0 Å². The second-order valence-electron chi connectivity index (χ2n) is 5.22. The van der Waals surface area contributed by atoms with Crippen LogP contribution in [0.1, 0.15) is 47.5 Å². The number of carbonyl (C=O) groups is 1. The van der Waals surface area contributed by atoms with Gasteiger partial charge < -0.3 is 9.47 Å². The molecule has 0 spiro atoms. The van der Waals surface area contributed by atoms with Crippen molar-refractivity contribution in [1.82, 2.24) is 0 Å². The quantitative estimate of drug-likeness (QED) is 0.192. The van der Waals surface area contributed by atoms with Gasteiger partial charge in [0.25, 0.3) is 0 Å². The van der Waals surface area contributed by atoms with Crippen LogP contribution in [0.2, 0.25) is 0 Å². The van der Waals surface area contributed by atoms with Crippen LogP contribution in [0.15, 0.2) is 12.2 Å². The Morgan fingerprint density at radius 3 is 2.55 bits per heavy atom. The highest BCUT2D eigenvalue weighted by Crippen LogP contribution is 2.17. The lowest BCUT2D eigenvalue weighted by atomic mass is 10.0. The zero-order valence-corrected chi connectivity index (χ0v) is 13.2. The maximum atomic E-state index is 11.1. The molecule has 0 aromatic heterocycles. The van der Waals surface area contributed by atoms with Gasteiger partial charge in [0.2, 0.25) is 6.61 Å². The fraction of sp³-hybridized carbons (Fsp3) is 0.733. The van der Waals surface area contributed by atoms with Gasteiger partial charge in [-0.05, 0) is 34.1 Å². The van der Waals surface area contributed by atoms with E-state index in [1.807, 2.05) is 13.8 Å². The van der Waals surface area contributed by atoms with Gasteiger partial charge in [0, 0.05) is 5.57 Å². The molecule has 5 nitrogen and oxygen atoms in total. The van der Waals surface area contributed by atoms with Crippen LogP contribution >= 0.6 is 0 Å². The molecule has 0 aliphatic carbocycles. The highest BCUT2D eigenvalue weighted by molar-refractivity contribution is 5.86. The first-order chi connectivity index (χ1) is 9.28. The molecule has 2 radical (unpaired) electrons. The summed E-state index contributed by atoms with van der Waals surface area (Å²) in [6, 6.07) is 0. The molecule has 5 heteroatoms. The Morgan fingerprint density at radius 2 is 2.00 bits per heavy atom. The van der Waals surface area contributed by atoms with E-state index in [4.69, 9.17) is 19.2 Å². The van der Waals surface area contributed by atoms with Gasteiger partial charge in [-0.2, -0.15) is 0 Å². The second-order valence-corrected chi connectivity index (χ2v) is 5.22. The minimum atomic E-state index is -0.421. The van der Waals surface area contributed by atoms with E-state index in [0.29, 0.717) is 5.57 Å². The fourth-order valence-electron chi connectivity index (χ4n) is 1.36. The van der Waals surface area contributed by atoms with Gasteiger partial charge in [-0.15, -0.1) is 0 Å². The van der Waals surface area contributed by atoms with Gasteiger partial charge >= 0.3 is 5.97 Å². The van der Waals surface area contributed by atoms with Crippen molar-refractivity contribution in [1.29, 1.82) is 0 Å². The average molecular weight is 286 g/mol. The van der Waals surface area contributed by atoms with Gasteiger partial charge in [-0.1, -0.05) is 19.9 Å². The minimum Gasteiger partial charge on any atom is -0.460 e. The number of rotatable bonds is 11. The summed E-state index contributed by atoms with van der Waals surface area (Å²) in [4.78, 5) is 21.3. The molecule has 1 unspecified atom stereocenters. The van der Waals surface area contributed by atoms with Crippen LogP contribution in [0.3, 0.4) is 0 Å². The van der Waals surface area contributed by atoms with Gasteiger partial charge in [0.1, 0.15) is 6.61 Å². The molecule has 0 fully saturated rings. The van der Waals surface area contributed by atoms with Crippen LogP contribution in [0.4, 0.5) is 0 Å². The van der Waals surface area contributed by atoms with E-state index in [9.17, 15) is 4.79 Å². The van der Waals surface area contributed by atoms with E-state index >= 15 is 0 Å². The second kappa shape index (κ2) is 9.91. The van der Waals surface area contributed by atoms with Crippen molar-refractivity contribution in [3.8, 4) is 0 Å². The van der Waals surface area contributed by atoms with Crippen molar-refractivity contribution in [3.05, 3.63) is 18.8 Å². The topological polar surface area (TPSA) is 54.0 Å². The van der Waals surface area contributed by atoms with E-state index in [1.54, 1.807) is 13.8 Å². The van der Waals surface area contributed by atoms with Crippen molar-refractivity contribution >= 4 is 5.97 Å². The lowest BCUT2D eigenvalue weighted by Crippen LogP contribution is -2.25. The SMILES string of the molecule is C=C(C)C(=O)OCCOC(C)[C]OOC(C)(C)CCC. The van der Waals surface area contributed by atoms with Crippen LogP contribution in [-0.4, -0.2) is 30.9 Å². The van der Waals surface area contributed by atoms with Crippen molar-refractivity contribution in [2.24, 2.45) is 0 Å². The van der Waals surface area contributed by atoms with Crippen molar-refractivity contribution < 1.29 is 24.0 Å². The maximum absolute atomic E-state index is 11.1. The molecule has 0 aliphatic rings. The van der Waals surface area contributed by atoms with Crippen molar-refractivity contribution in [2.75, 3.05) is 13.2 Å². The van der Waals surface area contributed by atoms with Crippen LogP contribution in [0, 0.1) is 6.61 Å². The molecular formula is C15H26O5. The molecule has 0 N–H and O–H groups in total. The maximum Gasteiger partial charge on any atom is 0.333 e. The third-order valence-corrected chi connectivity index (χ3v) is 2.37. The molecule has 1 atom stereocenters. The van der Waals surface area contributed by atoms with E-state index in [0.717, 1.165) is 12.8 Å². The lowest BCUT2D eigenvalue weighted by molar-refractivity contribution is -0.339. The summed E-state index contributed by atoms with van der Waals surface area (Å²) in [7, 11) is 0. The monoisotopic (exact) mass is 286 g/mol. The summed E-state index contributed by atoms with van der Waals surface area (Å²) in [6.07, 6.45) is 1.52. The molecule has 0 aromatic carbocycles. The van der Waals surface area contributed by atoms with E-state index < -0.39 is 5.97 Å². The summed E-state index contributed by atoms with van der Waals surface area (Å²) in [5.74, 6) is -0.421. The minimum absolute atomic E-state index is 0.167. The number of esters is 1. The molecule has 0 rings (SSSR count). The smallest absolute Gasteiger partial charge is 0.333 e. The van der Waals surface area contributed by atoms with Crippen molar-refractivity contribution in [2.45, 2.75) is 59.2 Å². The summed E-state index contributed by atoms with van der Waals surface area (Å²) >= 11 is 0. The van der Waals surface area contributed by atoms with Crippen LogP contribution in [0.25, 0.3) is 0 Å². The zero-order valence-electron chi connectivity index (χ0n) is 13.2. The molecule has 116 valence electrons. The Kier molecular flexibility index (Phi) is 9.46. The van der Waals surface area contributed by atoms with Gasteiger partial charge in [-0.3, -0.25) is 0 Å². The molecule has 0 aromatic rings. The Balaban J connectivity index is 3.62. The normalized spacial score (nSPS) is 13.1. The average Bonchev–Trinajstić information content (AvgIpc) is 2.33. The highest BCUT2D eigenvalue weighted by atomic mass is 17.2. The summed E-state index contributed by atoms with van der Waals surface area (Å²) in [6.45, 7) is 15.8. The van der Waals surface area contributed by atoms with Gasteiger partial charge in [-0.25, -0.2) is 14.6 Å². The summed E-state index contributed by atoms with van der Waals surface area (Å²) in [5.41, 5.74) is 0.0180. The molecular weight excluding hydrogens is 260 g/mol. The number of hydrogen-bond acceptors (Lipinski definition) is 5. The molecule has 0 aliphatic heterocycles. The third-order valence-electron chi connectivity index (χ3n) is 2.37. The molecule has 0 saturated carbocycles. The van der Waals surface area contributed by atoms with E-state index in [1.165, 1.54) is 0 Å². The Morgan fingerprint density at radius 1 is 1.35 bits per heavy atom. The number of hydrogen-bond donors (Lipinski definition) is 0. The van der Waals surface area contributed by atoms with Crippen LogP contribution in [0.5, 0.6) is 0 Å². The first-order valence-corrected chi connectivity index (χ1v) is 6.83. The third kappa shape index (κ3) is 9.95.